The van der Waals surface area contributed by atoms with Crippen molar-refractivity contribution in [1.82, 2.24) is 9.88 Å². The van der Waals surface area contributed by atoms with E-state index in [0.717, 1.165) is 17.3 Å². The molecule has 0 aromatic carbocycles. The Morgan fingerprint density at radius 2 is 2.21 bits per heavy atom. The Bertz CT molecular complexity index is 304. The molecule has 3 nitrogen and oxygen atoms in total. The molecule has 0 saturated heterocycles. The van der Waals surface area contributed by atoms with Crippen molar-refractivity contribution < 1.29 is 0 Å². The second-order valence-electron chi connectivity index (χ2n) is 3.18. The number of nitrogens with two attached hydrogens (primary N) is 1. The van der Waals surface area contributed by atoms with Gasteiger partial charge in [-0.05, 0) is 26.2 Å². The van der Waals surface area contributed by atoms with E-state index < -0.39 is 0 Å². The highest BCUT2D eigenvalue weighted by Crippen LogP contribution is 2.24. The van der Waals surface area contributed by atoms with Crippen molar-refractivity contribution in [1.29, 1.82) is 0 Å². The van der Waals surface area contributed by atoms with Crippen LogP contribution in [0.4, 0.5) is 5.69 Å². The van der Waals surface area contributed by atoms with Crippen molar-refractivity contribution >= 4 is 29.1 Å². The first-order valence-electron chi connectivity index (χ1n) is 4.29. The molecule has 0 unspecified atom stereocenters. The third-order valence-corrected chi connectivity index (χ3v) is 2.83. The van der Waals surface area contributed by atoms with Crippen molar-refractivity contribution in [2.45, 2.75) is 5.03 Å². The first-order chi connectivity index (χ1) is 6.59. The Morgan fingerprint density at radius 3 is 2.86 bits per heavy atom. The van der Waals surface area contributed by atoms with Gasteiger partial charge < -0.3 is 10.6 Å². The smallest absolute Gasteiger partial charge is 0.130 e. The maximum atomic E-state index is 5.77. The Kier molecular flexibility index (Phi) is 4.51. The van der Waals surface area contributed by atoms with Crippen LogP contribution < -0.4 is 5.73 Å². The van der Waals surface area contributed by atoms with Gasteiger partial charge in [0.2, 0.25) is 0 Å². The van der Waals surface area contributed by atoms with Gasteiger partial charge in [0.1, 0.15) is 10.2 Å². The van der Waals surface area contributed by atoms with Crippen LogP contribution in [-0.2, 0) is 0 Å². The fraction of sp³-hybridized carbons (Fsp3) is 0.444. The van der Waals surface area contributed by atoms with Crippen LogP contribution in [0, 0.1) is 0 Å². The maximum absolute atomic E-state index is 5.77. The monoisotopic (exact) mass is 231 g/mol. The first-order valence-corrected chi connectivity index (χ1v) is 5.65. The lowest BCUT2D eigenvalue weighted by atomic mass is 10.4. The molecule has 1 heterocycles. The second kappa shape index (κ2) is 5.44. The number of rotatable bonds is 4. The third kappa shape index (κ3) is 3.74. The number of nitrogens with zero attached hydrogens (tertiary/aromatic N) is 2. The first kappa shape index (κ1) is 11.6. The van der Waals surface area contributed by atoms with Crippen LogP contribution in [-0.4, -0.2) is 36.3 Å². The minimum absolute atomic E-state index is 0.492. The van der Waals surface area contributed by atoms with E-state index in [1.807, 2.05) is 14.1 Å². The summed E-state index contributed by atoms with van der Waals surface area (Å²) in [5.74, 6) is 0.963. The molecule has 1 rings (SSSR count). The molecular weight excluding hydrogens is 218 g/mol. The zero-order chi connectivity index (χ0) is 10.6. The number of halogens is 1. The van der Waals surface area contributed by atoms with E-state index in [4.69, 9.17) is 17.3 Å². The number of nitrogen functional groups attached to an aromatic ring is 1. The van der Waals surface area contributed by atoms with Crippen LogP contribution in [0.25, 0.3) is 0 Å². The van der Waals surface area contributed by atoms with Crippen molar-refractivity contribution in [3.8, 4) is 0 Å². The molecule has 0 bridgehead atoms. The molecule has 0 aliphatic heterocycles. The van der Waals surface area contributed by atoms with Crippen molar-refractivity contribution in [2.24, 2.45) is 0 Å². The molecule has 14 heavy (non-hydrogen) atoms. The Labute approximate surface area is 93.6 Å². The van der Waals surface area contributed by atoms with Gasteiger partial charge in [-0.1, -0.05) is 11.6 Å². The van der Waals surface area contributed by atoms with Gasteiger partial charge in [-0.15, -0.1) is 11.8 Å². The molecule has 2 N–H and O–H groups in total. The summed E-state index contributed by atoms with van der Waals surface area (Å²) in [6, 6.07) is 3.49. The highest BCUT2D eigenvalue weighted by atomic mass is 35.5. The van der Waals surface area contributed by atoms with Crippen LogP contribution in [0.15, 0.2) is 17.2 Å². The maximum Gasteiger partial charge on any atom is 0.130 e. The average molecular weight is 232 g/mol. The fourth-order valence-electron chi connectivity index (χ4n) is 0.869. The van der Waals surface area contributed by atoms with Crippen molar-refractivity contribution in [3.05, 3.63) is 17.3 Å². The van der Waals surface area contributed by atoms with E-state index in [1.54, 1.807) is 23.9 Å². The molecule has 78 valence electrons. The van der Waals surface area contributed by atoms with Crippen LogP contribution in [0.3, 0.4) is 0 Å². The predicted octanol–water partition coefficient (Wildman–Crippen LogP) is 1.97. The minimum Gasteiger partial charge on any atom is -0.397 e. The molecule has 0 aliphatic carbocycles. The van der Waals surface area contributed by atoms with Gasteiger partial charge in [0.15, 0.2) is 0 Å². The minimum atomic E-state index is 0.492. The highest BCUT2D eigenvalue weighted by molar-refractivity contribution is 7.99. The lowest BCUT2D eigenvalue weighted by Gasteiger charge is -2.09. The number of hydrogen-bond donors (Lipinski definition) is 1. The molecule has 1 aromatic rings. The molecule has 0 atom stereocenters. The number of thioether (sulfide) groups is 1. The van der Waals surface area contributed by atoms with E-state index in [9.17, 15) is 0 Å². The number of aromatic nitrogens is 1. The molecule has 0 fully saturated rings. The Hall–Kier alpha value is -0.450. The Morgan fingerprint density at radius 1 is 1.50 bits per heavy atom. The summed E-state index contributed by atoms with van der Waals surface area (Å²) in [4.78, 5) is 6.27. The third-order valence-electron chi connectivity index (χ3n) is 1.63. The summed E-state index contributed by atoms with van der Waals surface area (Å²) in [6.45, 7) is 0.998. The van der Waals surface area contributed by atoms with E-state index in [-0.39, 0.29) is 0 Å². The van der Waals surface area contributed by atoms with Crippen LogP contribution >= 0.6 is 23.4 Å². The normalized spacial score (nSPS) is 10.9. The van der Waals surface area contributed by atoms with E-state index in [2.05, 4.69) is 9.88 Å². The van der Waals surface area contributed by atoms with Gasteiger partial charge in [0.25, 0.3) is 0 Å². The Balaban J connectivity index is 2.53. The van der Waals surface area contributed by atoms with Crippen molar-refractivity contribution in [3.63, 3.8) is 0 Å². The SMILES string of the molecule is CN(C)CCSc1nc(Cl)ccc1N. The lowest BCUT2D eigenvalue weighted by molar-refractivity contribution is 0.437. The quantitative estimate of drug-likeness (QED) is 0.636. The second-order valence-corrected chi connectivity index (χ2v) is 4.65. The molecule has 0 radical (unpaired) electrons. The zero-order valence-electron chi connectivity index (χ0n) is 8.33. The van der Waals surface area contributed by atoms with E-state index in [1.165, 1.54) is 0 Å². The molecule has 0 saturated carbocycles. The van der Waals surface area contributed by atoms with Gasteiger partial charge in [-0.2, -0.15) is 0 Å². The van der Waals surface area contributed by atoms with Gasteiger partial charge in [0.05, 0.1) is 5.69 Å². The average Bonchev–Trinajstić information content (AvgIpc) is 2.10. The van der Waals surface area contributed by atoms with E-state index >= 15 is 0 Å². The van der Waals surface area contributed by atoms with Gasteiger partial charge in [-0.3, -0.25) is 0 Å². The lowest BCUT2D eigenvalue weighted by Crippen LogP contribution is -2.14. The summed E-state index contributed by atoms with van der Waals surface area (Å²) >= 11 is 7.40. The largest absolute Gasteiger partial charge is 0.397 e. The highest BCUT2D eigenvalue weighted by Gasteiger charge is 2.02. The molecule has 0 aliphatic rings. The molecule has 5 heteroatoms. The number of pyridine rings is 1. The summed E-state index contributed by atoms with van der Waals surface area (Å²) in [7, 11) is 4.07. The predicted molar refractivity (Wildman–Crippen MR) is 62.9 cm³/mol. The van der Waals surface area contributed by atoms with Crippen LogP contribution in [0.5, 0.6) is 0 Å². The number of hydrogen-bond acceptors (Lipinski definition) is 4. The molecule has 0 spiro atoms. The molecule has 1 aromatic heterocycles. The molecular formula is C9H14ClN3S. The van der Waals surface area contributed by atoms with Gasteiger partial charge in [0, 0.05) is 12.3 Å². The van der Waals surface area contributed by atoms with E-state index in [0.29, 0.717) is 10.8 Å². The summed E-state index contributed by atoms with van der Waals surface area (Å²) in [5, 5.41) is 1.31. The summed E-state index contributed by atoms with van der Waals surface area (Å²) in [5.41, 5.74) is 6.44. The summed E-state index contributed by atoms with van der Waals surface area (Å²) in [6.07, 6.45) is 0. The van der Waals surface area contributed by atoms with Gasteiger partial charge in [-0.25, -0.2) is 4.98 Å². The van der Waals surface area contributed by atoms with Gasteiger partial charge >= 0.3 is 0 Å². The standard InChI is InChI=1S/C9H14ClN3S/c1-13(2)5-6-14-9-7(11)3-4-8(10)12-9/h3-4H,5-6,11H2,1-2H3. The van der Waals surface area contributed by atoms with Crippen molar-refractivity contribution in [2.75, 3.05) is 32.1 Å². The zero-order valence-corrected chi connectivity index (χ0v) is 9.90. The topological polar surface area (TPSA) is 42.2 Å². The number of anilines is 1. The summed E-state index contributed by atoms with van der Waals surface area (Å²) < 4.78 is 0. The fourth-order valence-corrected chi connectivity index (χ4v) is 2.11. The van der Waals surface area contributed by atoms with Crippen LogP contribution in [0.2, 0.25) is 5.15 Å². The van der Waals surface area contributed by atoms with Crippen LogP contribution in [0.1, 0.15) is 0 Å². The molecule has 0 amide bonds.